The predicted molar refractivity (Wildman–Crippen MR) is 60.3 cm³/mol. The summed E-state index contributed by atoms with van der Waals surface area (Å²) in [6.45, 7) is 2.17. The summed E-state index contributed by atoms with van der Waals surface area (Å²) in [6, 6.07) is 1.10. The van der Waals surface area contributed by atoms with E-state index in [0.717, 1.165) is 23.8 Å². The van der Waals surface area contributed by atoms with Crippen LogP contribution in [0.2, 0.25) is 6.04 Å². The number of fused-ring (bicyclic) bond motifs is 2. The van der Waals surface area contributed by atoms with Crippen molar-refractivity contribution in [1.82, 2.24) is 0 Å². The van der Waals surface area contributed by atoms with Crippen LogP contribution in [-0.4, -0.2) is 7.42 Å². The van der Waals surface area contributed by atoms with Crippen molar-refractivity contribution in [3.63, 3.8) is 0 Å². The van der Waals surface area contributed by atoms with Crippen molar-refractivity contribution in [2.45, 2.75) is 32.2 Å². The maximum Gasteiger partial charge on any atom is 0.274 e. The second-order valence-electron chi connectivity index (χ2n) is 4.30. The molecule has 0 aromatic carbocycles. The van der Waals surface area contributed by atoms with E-state index in [9.17, 15) is 0 Å². The highest BCUT2D eigenvalue weighted by Gasteiger charge is 2.42. The third kappa shape index (κ3) is 1.98. The molecular formula is C10H15Cl2Si. The fraction of sp³-hybridized carbons (Fsp3) is 0.800. The smallest absolute Gasteiger partial charge is 0.147 e. The molecule has 0 N–H and O–H groups in total. The molecule has 73 valence electrons. The van der Waals surface area contributed by atoms with Crippen molar-refractivity contribution < 1.29 is 0 Å². The zero-order valence-corrected chi connectivity index (χ0v) is 10.4. The molecule has 3 atom stereocenters. The zero-order chi connectivity index (χ0) is 9.42. The molecule has 0 aliphatic heterocycles. The van der Waals surface area contributed by atoms with Crippen LogP contribution in [0.5, 0.6) is 0 Å². The van der Waals surface area contributed by atoms with E-state index in [4.69, 9.17) is 22.2 Å². The van der Waals surface area contributed by atoms with Gasteiger partial charge in [-0.3, -0.25) is 0 Å². The standard InChI is InChI=1S/C10H15Cl2Si/c1-2-7-3-9-4-8(7)5-10(9)6-13(11)12/h2,8-10H,3-6H2,1H3. The molecule has 0 heterocycles. The fourth-order valence-electron chi connectivity index (χ4n) is 3.04. The van der Waals surface area contributed by atoms with Gasteiger partial charge in [0, 0.05) is 0 Å². The topological polar surface area (TPSA) is 0 Å². The van der Waals surface area contributed by atoms with Crippen LogP contribution in [0.25, 0.3) is 0 Å². The minimum Gasteiger partial charge on any atom is -0.147 e. The second-order valence-corrected chi connectivity index (χ2v) is 8.70. The summed E-state index contributed by atoms with van der Waals surface area (Å²) in [6.07, 6.45) is 6.41. The fourth-order valence-corrected chi connectivity index (χ4v) is 5.12. The molecule has 0 nitrogen and oxygen atoms in total. The first-order valence-electron chi connectivity index (χ1n) is 5.02. The van der Waals surface area contributed by atoms with Gasteiger partial charge in [-0.15, -0.1) is 22.2 Å². The zero-order valence-electron chi connectivity index (χ0n) is 7.89. The summed E-state index contributed by atoms with van der Waals surface area (Å²) in [4.78, 5) is 0. The van der Waals surface area contributed by atoms with Gasteiger partial charge in [0.2, 0.25) is 0 Å². The SMILES string of the molecule is CC=C1CC2CC1CC2C[Si](Cl)Cl. The molecule has 2 bridgehead atoms. The lowest BCUT2D eigenvalue weighted by Gasteiger charge is -2.23. The Hall–Kier alpha value is 0.537. The van der Waals surface area contributed by atoms with Crippen LogP contribution in [-0.2, 0) is 0 Å². The molecule has 13 heavy (non-hydrogen) atoms. The predicted octanol–water partition coefficient (Wildman–Crippen LogP) is 3.94. The van der Waals surface area contributed by atoms with E-state index in [1.807, 2.05) is 0 Å². The minimum absolute atomic E-state index is 0.845. The van der Waals surface area contributed by atoms with Crippen LogP contribution < -0.4 is 0 Å². The first-order valence-corrected chi connectivity index (χ1v) is 8.75. The van der Waals surface area contributed by atoms with Crippen molar-refractivity contribution in [2.75, 3.05) is 0 Å². The Bertz CT molecular complexity index is 225. The largest absolute Gasteiger partial charge is 0.274 e. The molecule has 0 amide bonds. The van der Waals surface area contributed by atoms with E-state index >= 15 is 0 Å². The molecule has 3 unspecified atom stereocenters. The van der Waals surface area contributed by atoms with Gasteiger partial charge in [-0.1, -0.05) is 11.6 Å². The van der Waals surface area contributed by atoms with Crippen molar-refractivity contribution in [3.8, 4) is 0 Å². The van der Waals surface area contributed by atoms with E-state index in [1.165, 1.54) is 19.3 Å². The Morgan fingerprint density at radius 3 is 2.69 bits per heavy atom. The first-order chi connectivity index (χ1) is 6.20. The van der Waals surface area contributed by atoms with Crippen molar-refractivity contribution in [2.24, 2.45) is 17.8 Å². The van der Waals surface area contributed by atoms with Crippen molar-refractivity contribution in [3.05, 3.63) is 11.6 Å². The van der Waals surface area contributed by atoms with Crippen LogP contribution in [0.4, 0.5) is 0 Å². The first kappa shape index (κ1) is 10.1. The highest BCUT2D eigenvalue weighted by Crippen LogP contribution is 2.53. The lowest BCUT2D eigenvalue weighted by Crippen LogP contribution is -2.15. The minimum atomic E-state index is -1.04. The summed E-state index contributed by atoms with van der Waals surface area (Å²) in [5.74, 6) is 2.64. The van der Waals surface area contributed by atoms with E-state index in [0.29, 0.717) is 0 Å². The summed E-state index contributed by atoms with van der Waals surface area (Å²) in [5.41, 5.74) is 1.69. The molecule has 3 heteroatoms. The Balaban J connectivity index is 1.95. The third-order valence-corrected chi connectivity index (χ3v) is 5.41. The maximum atomic E-state index is 5.92. The molecule has 0 aromatic heterocycles. The van der Waals surface area contributed by atoms with Gasteiger partial charge in [0.05, 0.1) is 0 Å². The van der Waals surface area contributed by atoms with Gasteiger partial charge in [0.1, 0.15) is 0 Å². The molecule has 1 radical (unpaired) electrons. The average Bonchev–Trinajstić information content (AvgIpc) is 2.60. The Morgan fingerprint density at radius 2 is 2.23 bits per heavy atom. The van der Waals surface area contributed by atoms with E-state index < -0.39 is 7.42 Å². The monoisotopic (exact) mass is 233 g/mol. The van der Waals surface area contributed by atoms with Gasteiger partial charge >= 0.3 is 0 Å². The van der Waals surface area contributed by atoms with Gasteiger partial charge in [-0.05, 0) is 50.0 Å². The number of hydrogen-bond donors (Lipinski definition) is 0. The molecule has 2 rings (SSSR count). The molecule has 0 saturated heterocycles. The Morgan fingerprint density at radius 1 is 1.46 bits per heavy atom. The van der Waals surface area contributed by atoms with Crippen LogP contribution in [0.1, 0.15) is 26.2 Å². The summed E-state index contributed by atoms with van der Waals surface area (Å²) < 4.78 is 0. The van der Waals surface area contributed by atoms with Crippen LogP contribution in [0.3, 0.4) is 0 Å². The molecule has 2 aliphatic carbocycles. The van der Waals surface area contributed by atoms with E-state index in [1.54, 1.807) is 5.57 Å². The van der Waals surface area contributed by atoms with E-state index in [-0.39, 0.29) is 0 Å². The lowest BCUT2D eigenvalue weighted by atomic mass is 9.87. The quantitative estimate of drug-likeness (QED) is 0.385. The number of halogens is 2. The molecule has 2 saturated carbocycles. The summed E-state index contributed by atoms with van der Waals surface area (Å²) in [7, 11) is -1.04. The normalized spacial score (nSPS) is 40.9. The third-order valence-electron chi connectivity index (χ3n) is 3.65. The number of allylic oxidation sites excluding steroid dienone is 2. The molecule has 0 aromatic rings. The van der Waals surface area contributed by atoms with Gasteiger partial charge in [0.25, 0.3) is 7.42 Å². The summed E-state index contributed by atoms with van der Waals surface area (Å²) in [5, 5.41) is 0. The second kappa shape index (κ2) is 3.96. The highest BCUT2D eigenvalue weighted by molar-refractivity contribution is 7.33. The lowest BCUT2D eigenvalue weighted by molar-refractivity contribution is 0.404. The van der Waals surface area contributed by atoms with Crippen molar-refractivity contribution >= 4 is 29.6 Å². The Kier molecular flexibility index (Phi) is 3.06. The molecule has 2 aliphatic rings. The highest BCUT2D eigenvalue weighted by atomic mass is 35.7. The van der Waals surface area contributed by atoms with Gasteiger partial charge < -0.3 is 0 Å². The maximum absolute atomic E-state index is 5.92. The molecule has 2 fully saturated rings. The van der Waals surface area contributed by atoms with Crippen LogP contribution in [0, 0.1) is 17.8 Å². The van der Waals surface area contributed by atoms with Crippen LogP contribution in [0.15, 0.2) is 11.6 Å². The number of rotatable bonds is 2. The molecule has 0 spiro atoms. The van der Waals surface area contributed by atoms with Crippen LogP contribution >= 0.6 is 22.2 Å². The Labute approximate surface area is 91.3 Å². The van der Waals surface area contributed by atoms with Gasteiger partial charge in [-0.2, -0.15) is 0 Å². The van der Waals surface area contributed by atoms with Gasteiger partial charge in [-0.25, -0.2) is 0 Å². The van der Waals surface area contributed by atoms with Crippen molar-refractivity contribution in [1.29, 1.82) is 0 Å². The number of hydrogen-bond acceptors (Lipinski definition) is 0. The van der Waals surface area contributed by atoms with Gasteiger partial charge in [0.15, 0.2) is 0 Å². The average molecular weight is 234 g/mol. The summed E-state index contributed by atoms with van der Waals surface area (Å²) >= 11 is 11.8. The van der Waals surface area contributed by atoms with E-state index in [2.05, 4.69) is 13.0 Å². The molecular weight excluding hydrogens is 219 g/mol.